The van der Waals surface area contributed by atoms with Gasteiger partial charge in [0, 0.05) is 32.0 Å². The minimum Gasteiger partial charge on any atom is -0.349 e. The van der Waals surface area contributed by atoms with Crippen LogP contribution in [0.3, 0.4) is 0 Å². The number of aromatic nitrogens is 3. The highest BCUT2D eigenvalue weighted by Crippen LogP contribution is 2.22. The lowest BCUT2D eigenvalue weighted by Crippen LogP contribution is -2.57. The van der Waals surface area contributed by atoms with Gasteiger partial charge in [-0.15, -0.1) is 0 Å². The molecule has 0 atom stereocenters. The van der Waals surface area contributed by atoms with Crippen molar-refractivity contribution in [2.24, 2.45) is 0 Å². The second-order valence-electron chi connectivity index (χ2n) is 4.42. The average molecular weight is 231 g/mol. The molecule has 2 aromatic heterocycles. The third kappa shape index (κ3) is 1.76. The van der Waals surface area contributed by atoms with Crippen LogP contribution in [0.25, 0.3) is 5.52 Å². The number of anilines is 1. The van der Waals surface area contributed by atoms with Gasteiger partial charge in [-0.3, -0.25) is 0 Å². The third-order valence-corrected chi connectivity index (χ3v) is 3.24. The van der Waals surface area contributed by atoms with Crippen LogP contribution in [0.15, 0.2) is 24.7 Å². The van der Waals surface area contributed by atoms with Crippen LogP contribution in [0.2, 0.25) is 0 Å². The first kappa shape index (κ1) is 10.5. The van der Waals surface area contributed by atoms with Crippen LogP contribution in [-0.4, -0.2) is 40.3 Å². The van der Waals surface area contributed by atoms with E-state index in [0.29, 0.717) is 6.04 Å². The van der Waals surface area contributed by atoms with Gasteiger partial charge in [0.2, 0.25) is 0 Å². The van der Waals surface area contributed by atoms with E-state index in [1.54, 1.807) is 0 Å². The maximum absolute atomic E-state index is 4.54. The Bertz CT molecular complexity index is 502. The van der Waals surface area contributed by atoms with Crippen LogP contribution in [0, 0.1) is 0 Å². The van der Waals surface area contributed by atoms with E-state index in [4.69, 9.17) is 0 Å². The minimum atomic E-state index is 0.573. The fraction of sp³-hybridized carbons (Fsp3) is 0.500. The summed E-state index contributed by atoms with van der Waals surface area (Å²) in [5.41, 5.74) is 1.09. The summed E-state index contributed by atoms with van der Waals surface area (Å²) in [6.45, 7) is 5.35. The third-order valence-electron chi connectivity index (χ3n) is 3.24. The van der Waals surface area contributed by atoms with Gasteiger partial charge in [0.25, 0.3) is 0 Å². The predicted molar refractivity (Wildman–Crippen MR) is 67.3 cm³/mol. The Hall–Kier alpha value is -1.62. The summed E-state index contributed by atoms with van der Waals surface area (Å²) in [5.74, 6) is 1.05. The first-order valence-electron chi connectivity index (χ1n) is 6.16. The first-order valence-corrected chi connectivity index (χ1v) is 6.16. The zero-order valence-corrected chi connectivity index (χ0v) is 10.0. The number of hydrogen-bond donors (Lipinski definition) is 1. The average Bonchev–Trinajstić information content (AvgIpc) is 2.73. The van der Waals surface area contributed by atoms with Crippen LogP contribution in [0.4, 0.5) is 5.82 Å². The lowest BCUT2D eigenvalue weighted by Gasteiger charge is -2.39. The molecule has 0 aliphatic carbocycles. The topological polar surface area (TPSA) is 45.5 Å². The van der Waals surface area contributed by atoms with Crippen molar-refractivity contribution in [3.63, 3.8) is 0 Å². The highest BCUT2D eigenvalue weighted by Gasteiger charge is 2.26. The van der Waals surface area contributed by atoms with Gasteiger partial charge in [0.1, 0.15) is 5.52 Å². The van der Waals surface area contributed by atoms with E-state index in [9.17, 15) is 0 Å². The van der Waals surface area contributed by atoms with Crippen molar-refractivity contribution in [1.82, 2.24) is 19.9 Å². The molecule has 0 bridgehead atoms. The van der Waals surface area contributed by atoms with Crippen molar-refractivity contribution >= 4 is 11.3 Å². The van der Waals surface area contributed by atoms with Crippen LogP contribution in [-0.2, 0) is 0 Å². The molecule has 90 valence electrons. The second-order valence-corrected chi connectivity index (χ2v) is 4.42. The van der Waals surface area contributed by atoms with E-state index in [0.717, 1.165) is 37.4 Å². The monoisotopic (exact) mass is 231 g/mol. The van der Waals surface area contributed by atoms with E-state index < -0.39 is 0 Å². The predicted octanol–water partition coefficient (Wildman–Crippen LogP) is 0.917. The molecule has 0 spiro atoms. The Morgan fingerprint density at radius 1 is 1.47 bits per heavy atom. The highest BCUT2D eigenvalue weighted by molar-refractivity contribution is 5.68. The van der Waals surface area contributed by atoms with Crippen LogP contribution in [0.5, 0.6) is 0 Å². The summed E-state index contributed by atoms with van der Waals surface area (Å²) in [6.07, 6.45) is 6.67. The number of nitrogens with one attached hydrogen (secondary N) is 1. The SMILES string of the molecule is CCCN(c1nccn2nccc12)C1CNC1. The molecule has 5 heteroatoms. The zero-order valence-electron chi connectivity index (χ0n) is 10.0. The maximum atomic E-state index is 4.54. The molecular weight excluding hydrogens is 214 g/mol. The molecule has 0 saturated carbocycles. The van der Waals surface area contributed by atoms with Gasteiger partial charge in [-0.2, -0.15) is 5.10 Å². The molecule has 0 aromatic carbocycles. The molecule has 1 aliphatic rings. The summed E-state index contributed by atoms with van der Waals surface area (Å²) in [4.78, 5) is 6.93. The summed E-state index contributed by atoms with van der Waals surface area (Å²) < 4.78 is 1.89. The Balaban J connectivity index is 2.01. The van der Waals surface area contributed by atoms with Crippen molar-refractivity contribution < 1.29 is 0 Å². The molecule has 3 rings (SSSR count). The van der Waals surface area contributed by atoms with Crippen molar-refractivity contribution in [1.29, 1.82) is 0 Å². The Labute approximate surface area is 100 Å². The van der Waals surface area contributed by atoms with Gasteiger partial charge in [-0.05, 0) is 12.5 Å². The zero-order chi connectivity index (χ0) is 11.7. The number of hydrogen-bond acceptors (Lipinski definition) is 4. The Morgan fingerprint density at radius 2 is 2.35 bits per heavy atom. The van der Waals surface area contributed by atoms with Gasteiger partial charge < -0.3 is 10.2 Å². The number of rotatable bonds is 4. The second kappa shape index (κ2) is 4.33. The maximum Gasteiger partial charge on any atom is 0.155 e. The van der Waals surface area contributed by atoms with Gasteiger partial charge in [-0.1, -0.05) is 6.92 Å². The van der Waals surface area contributed by atoms with E-state index in [1.165, 1.54) is 0 Å². The number of nitrogens with zero attached hydrogens (tertiary/aromatic N) is 4. The molecule has 3 heterocycles. The molecule has 1 aliphatic heterocycles. The molecule has 2 aromatic rings. The normalized spacial score (nSPS) is 16.1. The molecule has 17 heavy (non-hydrogen) atoms. The molecule has 1 saturated heterocycles. The quantitative estimate of drug-likeness (QED) is 0.850. The molecule has 5 nitrogen and oxygen atoms in total. The summed E-state index contributed by atoms with van der Waals surface area (Å²) in [7, 11) is 0. The van der Waals surface area contributed by atoms with E-state index in [1.807, 2.05) is 29.2 Å². The summed E-state index contributed by atoms with van der Waals surface area (Å²) in [6, 6.07) is 2.60. The van der Waals surface area contributed by atoms with Gasteiger partial charge >= 0.3 is 0 Å². The fourth-order valence-corrected chi connectivity index (χ4v) is 2.26. The molecule has 1 fully saturated rings. The minimum absolute atomic E-state index is 0.573. The first-order chi connectivity index (χ1) is 8.40. The van der Waals surface area contributed by atoms with Crippen LogP contribution < -0.4 is 10.2 Å². The van der Waals surface area contributed by atoms with E-state index in [-0.39, 0.29) is 0 Å². The standard InChI is InChI=1S/C12H17N5/c1-2-6-16(10-8-13-9-10)12-11-3-4-15-17(11)7-5-14-12/h3-5,7,10,13H,2,6,8-9H2,1H3. The van der Waals surface area contributed by atoms with Gasteiger partial charge in [-0.25, -0.2) is 9.50 Å². The van der Waals surface area contributed by atoms with Gasteiger partial charge in [0.05, 0.1) is 12.2 Å². The summed E-state index contributed by atoms with van der Waals surface area (Å²) in [5, 5.41) is 7.58. The van der Waals surface area contributed by atoms with E-state index >= 15 is 0 Å². The molecule has 0 unspecified atom stereocenters. The number of fused-ring (bicyclic) bond motifs is 1. The lowest BCUT2D eigenvalue weighted by molar-refractivity contribution is 0.411. The highest BCUT2D eigenvalue weighted by atomic mass is 15.3. The Morgan fingerprint density at radius 3 is 3.06 bits per heavy atom. The fourth-order valence-electron chi connectivity index (χ4n) is 2.26. The molecule has 1 N–H and O–H groups in total. The van der Waals surface area contributed by atoms with Crippen molar-refractivity contribution in [2.45, 2.75) is 19.4 Å². The van der Waals surface area contributed by atoms with Crippen molar-refractivity contribution in [3.8, 4) is 0 Å². The van der Waals surface area contributed by atoms with Crippen LogP contribution >= 0.6 is 0 Å². The van der Waals surface area contributed by atoms with E-state index in [2.05, 4.69) is 27.2 Å². The molecular formula is C12H17N5. The lowest BCUT2D eigenvalue weighted by atomic mass is 10.1. The molecule has 0 amide bonds. The van der Waals surface area contributed by atoms with Crippen molar-refractivity contribution in [2.75, 3.05) is 24.5 Å². The summed E-state index contributed by atoms with van der Waals surface area (Å²) >= 11 is 0. The molecule has 0 radical (unpaired) electrons. The van der Waals surface area contributed by atoms with Crippen molar-refractivity contribution in [3.05, 3.63) is 24.7 Å². The van der Waals surface area contributed by atoms with Gasteiger partial charge in [0.15, 0.2) is 5.82 Å². The smallest absolute Gasteiger partial charge is 0.155 e. The Kier molecular flexibility index (Phi) is 2.68. The van der Waals surface area contributed by atoms with Crippen LogP contribution in [0.1, 0.15) is 13.3 Å². The largest absolute Gasteiger partial charge is 0.349 e.